The molecule has 2 aromatic rings. The molecule has 21 heavy (non-hydrogen) atoms. The van der Waals surface area contributed by atoms with Crippen molar-refractivity contribution in [2.75, 3.05) is 37.7 Å². The number of nitrogens with one attached hydrogen (secondary N) is 1. The molecule has 1 aliphatic heterocycles. The zero-order valence-corrected chi connectivity index (χ0v) is 12.6. The van der Waals surface area contributed by atoms with Crippen molar-refractivity contribution in [3.8, 4) is 0 Å². The van der Waals surface area contributed by atoms with Crippen molar-refractivity contribution >= 4 is 16.7 Å². The smallest absolute Gasteiger partial charge is 0.133 e. The average molecular weight is 285 g/mol. The molecule has 1 saturated heterocycles. The summed E-state index contributed by atoms with van der Waals surface area (Å²) in [5.41, 5.74) is 2.34. The van der Waals surface area contributed by atoms with Crippen LogP contribution in [0.25, 0.3) is 10.9 Å². The predicted octanol–water partition coefficient (Wildman–Crippen LogP) is 2.57. The summed E-state index contributed by atoms with van der Waals surface area (Å²) in [7, 11) is 0. The van der Waals surface area contributed by atoms with Crippen LogP contribution in [0.15, 0.2) is 30.3 Å². The van der Waals surface area contributed by atoms with E-state index in [1.807, 2.05) is 0 Å². The van der Waals surface area contributed by atoms with Crippen molar-refractivity contribution in [1.82, 2.24) is 10.3 Å². The molecule has 1 fully saturated rings. The van der Waals surface area contributed by atoms with E-state index in [-0.39, 0.29) is 0 Å². The van der Waals surface area contributed by atoms with E-state index in [1.54, 1.807) is 0 Å². The normalized spacial score (nSPS) is 16.1. The number of benzene rings is 1. The third-order valence-corrected chi connectivity index (χ3v) is 3.87. The molecule has 112 valence electrons. The number of aromatic nitrogens is 1. The summed E-state index contributed by atoms with van der Waals surface area (Å²) in [4.78, 5) is 7.29. The fraction of sp³-hybridized carbons (Fsp3) is 0.471. The molecule has 4 nitrogen and oxygen atoms in total. The van der Waals surface area contributed by atoms with Gasteiger partial charge in [-0.15, -0.1) is 0 Å². The van der Waals surface area contributed by atoms with Crippen LogP contribution in [-0.4, -0.2) is 37.8 Å². The molecule has 0 amide bonds. The molecule has 3 rings (SSSR count). The van der Waals surface area contributed by atoms with E-state index in [9.17, 15) is 0 Å². The molecule has 4 heteroatoms. The molecule has 1 aromatic heterocycles. The maximum absolute atomic E-state index is 5.57. The zero-order chi connectivity index (χ0) is 14.5. The number of fused-ring (bicyclic) bond motifs is 1. The zero-order valence-electron chi connectivity index (χ0n) is 12.6. The Labute approximate surface area is 126 Å². The molecular weight excluding hydrogens is 262 g/mol. The van der Waals surface area contributed by atoms with Crippen LogP contribution in [0.2, 0.25) is 0 Å². The average Bonchev–Trinajstić information content (AvgIpc) is 2.81. The van der Waals surface area contributed by atoms with Crippen LogP contribution < -0.4 is 10.2 Å². The van der Waals surface area contributed by atoms with Gasteiger partial charge in [0.05, 0.1) is 12.1 Å². The highest BCUT2D eigenvalue weighted by Gasteiger charge is 2.16. The third kappa shape index (κ3) is 3.34. The second-order valence-electron chi connectivity index (χ2n) is 5.40. The van der Waals surface area contributed by atoms with Gasteiger partial charge in [-0.2, -0.15) is 0 Å². The van der Waals surface area contributed by atoms with Gasteiger partial charge in [0.15, 0.2) is 0 Å². The number of nitrogens with zero attached hydrogens (tertiary/aromatic N) is 2. The van der Waals surface area contributed by atoms with Crippen molar-refractivity contribution in [3.05, 3.63) is 35.9 Å². The second-order valence-corrected chi connectivity index (χ2v) is 5.40. The monoisotopic (exact) mass is 285 g/mol. The van der Waals surface area contributed by atoms with Crippen LogP contribution in [-0.2, 0) is 11.3 Å². The van der Waals surface area contributed by atoms with Crippen molar-refractivity contribution in [3.63, 3.8) is 0 Å². The van der Waals surface area contributed by atoms with Gasteiger partial charge in [0.25, 0.3) is 0 Å². The summed E-state index contributed by atoms with van der Waals surface area (Å²) in [5.74, 6) is 1.11. The number of hydrogen-bond acceptors (Lipinski definition) is 4. The van der Waals surface area contributed by atoms with Gasteiger partial charge in [-0.05, 0) is 25.1 Å². The Hall–Kier alpha value is -1.65. The first kappa shape index (κ1) is 14.3. The Bertz CT molecular complexity index is 592. The molecule has 0 radical (unpaired) electrons. The van der Waals surface area contributed by atoms with Crippen molar-refractivity contribution in [2.24, 2.45) is 0 Å². The Balaban J connectivity index is 1.99. The van der Waals surface area contributed by atoms with Crippen molar-refractivity contribution < 1.29 is 4.74 Å². The molecule has 0 saturated carbocycles. The molecule has 1 N–H and O–H groups in total. The van der Waals surface area contributed by atoms with E-state index in [2.05, 4.69) is 47.5 Å². The van der Waals surface area contributed by atoms with Gasteiger partial charge in [-0.1, -0.05) is 25.1 Å². The number of ether oxygens (including phenoxy) is 1. The number of para-hydroxylation sites is 1. The second kappa shape index (κ2) is 6.87. The van der Waals surface area contributed by atoms with E-state index in [1.165, 1.54) is 10.9 Å². The highest BCUT2D eigenvalue weighted by Crippen LogP contribution is 2.24. The fourth-order valence-electron chi connectivity index (χ4n) is 2.77. The van der Waals surface area contributed by atoms with Crippen LogP contribution in [0.5, 0.6) is 0 Å². The van der Waals surface area contributed by atoms with E-state index in [0.717, 1.165) is 57.1 Å². The Morgan fingerprint density at radius 1 is 1.24 bits per heavy atom. The van der Waals surface area contributed by atoms with E-state index >= 15 is 0 Å². The SMILES string of the molecule is CCNCc1cc2ccccc2nc1N1CCCOCC1. The largest absolute Gasteiger partial charge is 0.380 e. The molecule has 1 aliphatic rings. The molecule has 0 unspecified atom stereocenters. The number of pyridine rings is 1. The van der Waals surface area contributed by atoms with Crippen LogP contribution in [0.1, 0.15) is 18.9 Å². The van der Waals surface area contributed by atoms with Gasteiger partial charge in [-0.3, -0.25) is 0 Å². The molecule has 0 aliphatic carbocycles. The molecule has 1 aromatic carbocycles. The van der Waals surface area contributed by atoms with Gasteiger partial charge in [-0.25, -0.2) is 4.98 Å². The van der Waals surface area contributed by atoms with E-state index in [0.29, 0.717) is 0 Å². The first-order valence-corrected chi connectivity index (χ1v) is 7.80. The fourth-order valence-corrected chi connectivity index (χ4v) is 2.77. The lowest BCUT2D eigenvalue weighted by molar-refractivity contribution is 0.152. The summed E-state index contributed by atoms with van der Waals surface area (Å²) >= 11 is 0. The van der Waals surface area contributed by atoms with Crippen LogP contribution >= 0.6 is 0 Å². The molecule has 0 bridgehead atoms. The van der Waals surface area contributed by atoms with E-state index in [4.69, 9.17) is 9.72 Å². The summed E-state index contributed by atoms with van der Waals surface area (Å²) < 4.78 is 5.57. The Kier molecular flexibility index (Phi) is 4.68. The topological polar surface area (TPSA) is 37.4 Å². The minimum atomic E-state index is 0.787. The standard InChI is InChI=1S/C17H23N3O/c1-2-18-13-15-12-14-6-3-4-7-16(14)19-17(15)20-8-5-10-21-11-9-20/h3-4,6-7,12,18H,2,5,8-11,13H2,1H3. The van der Waals surface area contributed by atoms with Crippen LogP contribution in [0.4, 0.5) is 5.82 Å². The summed E-state index contributed by atoms with van der Waals surface area (Å²) in [6, 6.07) is 10.6. The van der Waals surface area contributed by atoms with Gasteiger partial charge < -0.3 is 15.0 Å². The maximum atomic E-state index is 5.57. The van der Waals surface area contributed by atoms with Gasteiger partial charge in [0, 0.05) is 37.2 Å². The van der Waals surface area contributed by atoms with Crippen LogP contribution in [0, 0.1) is 0 Å². The lowest BCUT2D eigenvalue weighted by atomic mass is 10.1. The molecule has 0 spiro atoms. The highest BCUT2D eigenvalue weighted by molar-refractivity contribution is 5.81. The number of hydrogen-bond donors (Lipinski definition) is 1. The van der Waals surface area contributed by atoms with Crippen molar-refractivity contribution in [1.29, 1.82) is 0 Å². The van der Waals surface area contributed by atoms with Gasteiger partial charge in [0.2, 0.25) is 0 Å². The molecular formula is C17H23N3O. The van der Waals surface area contributed by atoms with Gasteiger partial charge >= 0.3 is 0 Å². The predicted molar refractivity (Wildman–Crippen MR) is 86.8 cm³/mol. The minimum absolute atomic E-state index is 0.787. The third-order valence-electron chi connectivity index (χ3n) is 3.87. The lowest BCUT2D eigenvalue weighted by Gasteiger charge is -2.24. The summed E-state index contributed by atoms with van der Waals surface area (Å²) in [6.07, 6.45) is 1.06. The highest BCUT2D eigenvalue weighted by atomic mass is 16.5. The molecule has 0 atom stereocenters. The van der Waals surface area contributed by atoms with Crippen molar-refractivity contribution in [2.45, 2.75) is 19.9 Å². The Morgan fingerprint density at radius 2 is 2.14 bits per heavy atom. The first-order chi connectivity index (χ1) is 10.4. The minimum Gasteiger partial charge on any atom is -0.380 e. The molecule has 2 heterocycles. The lowest BCUT2D eigenvalue weighted by Crippen LogP contribution is -2.29. The maximum Gasteiger partial charge on any atom is 0.133 e. The number of rotatable bonds is 4. The number of anilines is 1. The van der Waals surface area contributed by atoms with Gasteiger partial charge in [0.1, 0.15) is 5.82 Å². The van der Waals surface area contributed by atoms with Crippen LogP contribution in [0.3, 0.4) is 0 Å². The Morgan fingerprint density at radius 3 is 3.05 bits per heavy atom. The van der Waals surface area contributed by atoms with E-state index < -0.39 is 0 Å². The first-order valence-electron chi connectivity index (χ1n) is 7.80. The summed E-state index contributed by atoms with van der Waals surface area (Å²) in [5, 5.41) is 4.63. The summed E-state index contributed by atoms with van der Waals surface area (Å²) in [6.45, 7) is 7.54. The quantitative estimate of drug-likeness (QED) is 0.937.